The Labute approximate surface area is 130 Å². The monoisotopic (exact) mass is 315 g/mol. The van der Waals surface area contributed by atoms with Crippen molar-refractivity contribution in [3.05, 3.63) is 59.0 Å². The molecule has 0 radical (unpaired) electrons. The van der Waals surface area contributed by atoms with E-state index in [1.807, 2.05) is 59.6 Å². The molecular formula is C15H13N3OS2. The Kier molecular flexibility index (Phi) is 4.08. The van der Waals surface area contributed by atoms with E-state index in [2.05, 4.69) is 10.3 Å². The van der Waals surface area contributed by atoms with Crippen LogP contribution in [0, 0.1) is 0 Å². The lowest BCUT2D eigenvalue weighted by molar-refractivity contribution is 0.103. The van der Waals surface area contributed by atoms with Gasteiger partial charge in [-0.05, 0) is 35.7 Å². The molecule has 2 aromatic heterocycles. The lowest BCUT2D eigenvalue weighted by Gasteiger charge is -2.05. The third-order valence-electron chi connectivity index (χ3n) is 2.84. The fourth-order valence-corrected chi connectivity index (χ4v) is 3.18. The number of carbonyl (C=O) groups excluding carboxylic acids is 1. The predicted octanol–water partition coefficient (Wildman–Crippen LogP) is 3.89. The van der Waals surface area contributed by atoms with Crippen LogP contribution in [0.1, 0.15) is 9.67 Å². The summed E-state index contributed by atoms with van der Waals surface area (Å²) < 4.78 is 1.97. The summed E-state index contributed by atoms with van der Waals surface area (Å²) in [6.07, 6.45) is 3.69. The SMILES string of the molecule is Cn1ccnc1Sc1ccc(NC(=O)c2cccs2)cc1. The first-order valence-electron chi connectivity index (χ1n) is 6.32. The van der Waals surface area contributed by atoms with Crippen molar-refractivity contribution in [1.82, 2.24) is 9.55 Å². The summed E-state index contributed by atoms with van der Waals surface area (Å²) in [5.74, 6) is -0.0745. The van der Waals surface area contributed by atoms with Crippen LogP contribution in [0.25, 0.3) is 0 Å². The number of rotatable bonds is 4. The minimum atomic E-state index is -0.0745. The van der Waals surface area contributed by atoms with Crippen molar-refractivity contribution in [2.24, 2.45) is 7.05 Å². The highest BCUT2D eigenvalue weighted by Crippen LogP contribution is 2.27. The average molecular weight is 315 g/mol. The van der Waals surface area contributed by atoms with Gasteiger partial charge in [-0.3, -0.25) is 4.79 Å². The van der Waals surface area contributed by atoms with Crippen molar-refractivity contribution in [3.8, 4) is 0 Å². The Bertz CT molecular complexity index is 733. The molecule has 2 heterocycles. The number of benzene rings is 1. The molecule has 1 amide bonds. The third-order valence-corrected chi connectivity index (χ3v) is 4.80. The molecule has 0 unspecified atom stereocenters. The van der Waals surface area contributed by atoms with Crippen molar-refractivity contribution >= 4 is 34.7 Å². The lowest BCUT2D eigenvalue weighted by Crippen LogP contribution is -2.09. The smallest absolute Gasteiger partial charge is 0.265 e. The summed E-state index contributed by atoms with van der Waals surface area (Å²) >= 11 is 3.02. The molecule has 6 heteroatoms. The van der Waals surface area contributed by atoms with E-state index in [1.165, 1.54) is 11.3 Å². The van der Waals surface area contributed by atoms with Crippen LogP contribution < -0.4 is 5.32 Å². The number of hydrogen-bond acceptors (Lipinski definition) is 4. The molecule has 0 atom stereocenters. The largest absolute Gasteiger partial charge is 0.329 e. The van der Waals surface area contributed by atoms with Crippen molar-refractivity contribution in [2.75, 3.05) is 5.32 Å². The van der Waals surface area contributed by atoms with E-state index in [9.17, 15) is 4.79 Å². The molecule has 106 valence electrons. The van der Waals surface area contributed by atoms with Gasteiger partial charge in [0.05, 0.1) is 4.88 Å². The van der Waals surface area contributed by atoms with Crippen molar-refractivity contribution in [3.63, 3.8) is 0 Å². The van der Waals surface area contributed by atoms with E-state index >= 15 is 0 Å². The van der Waals surface area contributed by atoms with Gasteiger partial charge in [0.25, 0.3) is 5.91 Å². The maximum absolute atomic E-state index is 11.9. The molecule has 0 aliphatic carbocycles. The first-order chi connectivity index (χ1) is 10.2. The number of nitrogens with zero attached hydrogens (tertiary/aromatic N) is 2. The van der Waals surface area contributed by atoms with Gasteiger partial charge in [-0.2, -0.15) is 0 Å². The number of anilines is 1. The fourth-order valence-electron chi connectivity index (χ4n) is 1.76. The van der Waals surface area contributed by atoms with E-state index in [0.717, 1.165) is 15.7 Å². The van der Waals surface area contributed by atoms with Gasteiger partial charge in [0.15, 0.2) is 5.16 Å². The highest BCUT2D eigenvalue weighted by Gasteiger charge is 2.07. The van der Waals surface area contributed by atoms with Gasteiger partial charge < -0.3 is 9.88 Å². The summed E-state index contributed by atoms with van der Waals surface area (Å²) in [6, 6.07) is 11.4. The molecule has 21 heavy (non-hydrogen) atoms. The molecule has 1 aromatic carbocycles. The van der Waals surface area contributed by atoms with Crippen LogP contribution >= 0.6 is 23.1 Å². The van der Waals surface area contributed by atoms with E-state index in [-0.39, 0.29) is 5.91 Å². The Morgan fingerprint density at radius 3 is 2.71 bits per heavy atom. The van der Waals surface area contributed by atoms with E-state index < -0.39 is 0 Å². The third kappa shape index (κ3) is 3.34. The molecule has 0 spiro atoms. The van der Waals surface area contributed by atoms with Gasteiger partial charge in [0.1, 0.15) is 0 Å². The highest BCUT2D eigenvalue weighted by molar-refractivity contribution is 7.99. The topological polar surface area (TPSA) is 46.9 Å². The minimum absolute atomic E-state index is 0.0745. The zero-order valence-corrected chi connectivity index (χ0v) is 12.9. The number of aromatic nitrogens is 2. The van der Waals surface area contributed by atoms with E-state index in [4.69, 9.17) is 0 Å². The van der Waals surface area contributed by atoms with Crippen molar-refractivity contribution in [2.45, 2.75) is 10.1 Å². The quantitative estimate of drug-likeness (QED) is 0.794. The van der Waals surface area contributed by atoms with Crippen LogP contribution in [-0.4, -0.2) is 15.5 Å². The number of thiophene rings is 1. The summed E-state index contributed by atoms with van der Waals surface area (Å²) in [5.41, 5.74) is 0.789. The van der Waals surface area contributed by atoms with Crippen LogP contribution in [0.5, 0.6) is 0 Å². The summed E-state index contributed by atoms with van der Waals surface area (Å²) in [4.78, 5) is 18.0. The number of imidazole rings is 1. The second-order valence-corrected chi connectivity index (χ2v) is 6.37. The fraction of sp³-hybridized carbons (Fsp3) is 0.0667. The molecule has 0 fully saturated rings. The molecule has 0 bridgehead atoms. The van der Waals surface area contributed by atoms with Crippen LogP contribution in [0.15, 0.2) is 64.2 Å². The van der Waals surface area contributed by atoms with Gasteiger partial charge >= 0.3 is 0 Å². The minimum Gasteiger partial charge on any atom is -0.329 e. The molecule has 0 saturated carbocycles. The number of hydrogen-bond donors (Lipinski definition) is 1. The van der Waals surface area contributed by atoms with E-state index in [0.29, 0.717) is 4.88 Å². The second-order valence-electron chi connectivity index (χ2n) is 4.38. The number of amides is 1. The van der Waals surface area contributed by atoms with Gasteiger partial charge in [0, 0.05) is 30.0 Å². The molecule has 3 aromatic rings. The second kappa shape index (κ2) is 6.15. The molecule has 4 nitrogen and oxygen atoms in total. The number of aryl methyl sites for hydroxylation is 1. The number of carbonyl (C=O) groups is 1. The summed E-state index contributed by atoms with van der Waals surface area (Å²) in [6.45, 7) is 0. The van der Waals surface area contributed by atoms with Crippen LogP contribution in [0.3, 0.4) is 0 Å². The maximum Gasteiger partial charge on any atom is 0.265 e. The summed E-state index contributed by atoms with van der Waals surface area (Å²) in [7, 11) is 1.96. The Hall–Kier alpha value is -2.05. The van der Waals surface area contributed by atoms with Crippen LogP contribution in [0.2, 0.25) is 0 Å². The Morgan fingerprint density at radius 2 is 2.10 bits per heavy atom. The molecule has 1 N–H and O–H groups in total. The highest BCUT2D eigenvalue weighted by atomic mass is 32.2. The Balaban J connectivity index is 1.67. The van der Waals surface area contributed by atoms with Gasteiger partial charge in [0.2, 0.25) is 0 Å². The predicted molar refractivity (Wildman–Crippen MR) is 86.0 cm³/mol. The van der Waals surface area contributed by atoms with Crippen molar-refractivity contribution < 1.29 is 4.79 Å². The maximum atomic E-state index is 11.9. The van der Waals surface area contributed by atoms with Crippen LogP contribution in [-0.2, 0) is 7.05 Å². The van der Waals surface area contributed by atoms with Gasteiger partial charge in [-0.1, -0.05) is 17.8 Å². The number of nitrogens with one attached hydrogen (secondary N) is 1. The standard InChI is InChI=1S/C15H13N3OS2/c1-18-9-8-16-15(18)21-12-6-4-11(5-7-12)17-14(19)13-3-2-10-20-13/h2-10H,1H3,(H,17,19). The molecular weight excluding hydrogens is 302 g/mol. The van der Waals surface area contributed by atoms with Gasteiger partial charge in [-0.15, -0.1) is 11.3 Å². The zero-order chi connectivity index (χ0) is 14.7. The normalized spacial score (nSPS) is 10.5. The summed E-state index contributed by atoms with van der Waals surface area (Å²) in [5, 5.41) is 5.71. The molecule has 0 aliphatic rings. The molecule has 0 aliphatic heterocycles. The molecule has 0 saturated heterocycles. The van der Waals surface area contributed by atoms with E-state index in [1.54, 1.807) is 18.0 Å². The first-order valence-corrected chi connectivity index (χ1v) is 8.02. The van der Waals surface area contributed by atoms with Crippen LogP contribution in [0.4, 0.5) is 5.69 Å². The van der Waals surface area contributed by atoms with Gasteiger partial charge in [-0.25, -0.2) is 4.98 Å². The molecule has 3 rings (SSSR count). The lowest BCUT2D eigenvalue weighted by atomic mass is 10.3. The Morgan fingerprint density at radius 1 is 1.29 bits per heavy atom. The average Bonchev–Trinajstić information content (AvgIpc) is 3.14. The van der Waals surface area contributed by atoms with Crippen molar-refractivity contribution in [1.29, 1.82) is 0 Å². The first kappa shape index (κ1) is 13.9. The zero-order valence-electron chi connectivity index (χ0n) is 11.3.